The van der Waals surface area contributed by atoms with Crippen LogP contribution in [0.2, 0.25) is 0 Å². The number of hydrogen-bond donors (Lipinski definition) is 3. The number of carbonyl (C=O) groups is 1. The molecule has 0 radical (unpaired) electrons. The molecule has 8 heteroatoms. The first-order chi connectivity index (χ1) is 8.08. The van der Waals surface area contributed by atoms with Crippen molar-refractivity contribution in [3.8, 4) is 0 Å². The van der Waals surface area contributed by atoms with E-state index in [1.54, 1.807) is 14.0 Å². The molecule has 0 aliphatic rings. The van der Waals surface area contributed by atoms with Gasteiger partial charge in [-0.1, -0.05) is 0 Å². The van der Waals surface area contributed by atoms with Crippen molar-refractivity contribution in [3.63, 3.8) is 0 Å². The molecule has 1 rings (SSSR count). The van der Waals surface area contributed by atoms with Crippen LogP contribution in [-0.2, 0) is 4.79 Å². The first kappa shape index (κ1) is 13.1. The molecule has 0 aromatic carbocycles. The molecule has 17 heavy (non-hydrogen) atoms. The van der Waals surface area contributed by atoms with Crippen LogP contribution in [0.15, 0.2) is 6.20 Å². The highest BCUT2D eigenvalue weighted by Gasteiger charge is 2.13. The second-order valence-electron chi connectivity index (χ2n) is 3.32. The number of nitrogens with one attached hydrogen (secondary N) is 2. The highest BCUT2D eigenvalue weighted by molar-refractivity contribution is 5.80. The number of nitrogen functional groups attached to an aromatic ring is 1. The summed E-state index contributed by atoms with van der Waals surface area (Å²) < 4.78 is 13.4. The average Bonchev–Trinajstić information content (AvgIpc) is 2.29. The number of amides is 1. The van der Waals surface area contributed by atoms with Gasteiger partial charge in [0.05, 0.1) is 12.7 Å². The van der Waals surface area contributed by atoms with E-state index < -0.39 is 5.82 Å². The number of halogens is 1. The van der Waals surface area contributed by atoms with E-state index in [0.29, 0.717) is 6.54 Å². The molecule has 0 fully saturated rings. The van der Waals surface area contributed by atoms with Gasteiger partial charge < -0.3 is 10.2 Å². The standard InChI is InChI=1S/C9H15FN6O/c1-3-12-7(17)5-16(2)8-6(10)4-13-9(14-8)15-11/h4H,3,5,11H2,1-2H3,(H,12,17)(H,13,14,15). The van der Waals surface area contributed by atoms with Crippen LogP contribution in [0.3, 0.4) is 0 Å². The third-order valence-corrected chi connectivity index (χ3v) is 1.97. The number of anilines is 2. The van der Waals surface area contributed by atoms with Gasteiger partial charge >= 0.3 is 0 Å². The fraction of sp³-hybridized carbons (Fsp3) is 0.444. The van der Waals surface area contributed by atoms with Crippen molar-refractivity contribution in [2.75, 3.05) is 30.5 Å². The molecular weight excluding hydrogens is 227 g/mol. The van der Waals surface area contributed by atoms with Crippen molar-refractivity contribution < 1.29 is 9.18 Å². The van der Waals surface area contributed by atoms with E-state index in [1.165, 1.54) is 4.90 Å². The molecule has 7 nitrogen and oxygen atoms in total. The SMILES string of the molecule is CCNC(=O)CN(C)c1nc(NN)ncc1F. The van der Waals surface area contributed by atoms with Crippen LogP contribution >= 0.6 is 0 Å². The summed E-state index contributed by atoms with van der Waals surface area (Å²) in [4.78, 5) is 20.1. The van der Waals surface area contributed by atoms with Crippen LogP contribution < -0.4 is 21.5 Å². The Kier molecular flexibility index (Phi) is 4.58. The smallest absolute Gasteiger partial charge is 0.239 e. The van der Waals surface area contributed by atoms with Crippen LogP contribution in [-0.4, -0.2) is 36.0 Å². The highest BCUT2D eigenvalue weighted by atomic mass is 19.1. The Morgan fingerprint density at radius 1 is 1.65 bits per heavy atom. The molecule has 4 N–H and O–H groups in total. The Morgan fingerprint density at radius 3 is 2.94 bits per heavy atom. The molecule has 0 bridgehead atoms. The molecule has 0 saturated carbocycles. The Hall–Kier alpha value is -1.96. The predicted molar refractivity (Wildman–Crippen MR) is 61.8 cm³/mol. The van der Waals surface area contributed by atoms with Crippen molar-refractivity contribution >= 4 is 17.7 Å². The minimum atomic E-state index is -0.615. The first-order valence-corrected chi connectivity index (χ1v) is 5.05. The Balaban J connectivity index is 2.80. The number of rotatable bonds is 5. The number of nitrogens with two attached hydrogens (primary N) is 1. The summed E-state index contributed by atoms with van der Waals surface area (Å²) >= 11 is 0. The van der Waals surface area contributed by atoms with Gasteiger partial charge in [-0.2, -0.15) is 4.98 Å². The van der Waals surface area contributed by atoms with E-state index in [9.17, 15) is 9.18 Å². The maximum Gasteiger partial charge on any atom is 0.239 e. The van der Waals surface area contributed by atoms with Crippen LogP contribution in [0.5, 0.6) is 0 Å². The average molecular weight is 242 g/mol. The number of hydrazine groups is 1. The first-order valence-electron chi connectivity index (χ1n) is 5.05. The minimum absolute atomic E-state index is 0.00574. The molecular formula is C9H15FN6O. The number of aromatic nitrogens is 2. The lowest BCUT2D eigenvalue weighted by Crippen LogP contribution is -2.35. The van der Waals surface area contributed by atoms with E-state index in [-0.39, 0.29) is 24.2 Å². The highest BCUT2D eigenvalue weighted by Crippen LogP contribution is 2.14. The van der Waals surface area contributed by atoms with Gasteiger partial charge in [0, 0.05) is 13.6 Å². The molecule has 1 amide bonds. The molecule has 94 valence electrons. The van der Waals surface area contributed by atoms with E-state index in [1.807, 2.05) is 0 Å². The molecule has 0 aliphatic carbocycles. The van der Waals surface area contributed by atoms with Gasteiger partial charge in [-0.05, 0) is 6.92 Å². The summed E-state index contributed by atoms with van der Waals surface area (Å²) in [5.41, 5.74) is 2.21. The quantitative estimate of drug-likeness (QED) is 0.474. The van der Waals surface area contributed by atoms with E-state index >= 15 is 0 Å². The lowest BCUT2D eigenvalue weighted by molar-refractivity contribution is -0.119. The molecule has 1 heterocycles. The van der Waals surface area contributed by atoms with Crippen molar-refractivity contribution in [2.24, 2.45) is 5.84 Å². The van der Waals surface area contributed by atoms with Gasteiger partial charge in [-0.15, -0.1) is 0 Å². The van der Waals surface area contributed by atoms with Crippen molar-refractivity contribution in [2.45, 2.75) is 6.92 Å². The summed E-state index contributed by atoms with van der Waals surface area (Å²) in [7, 11) is 1.56. The van der Waals surface area contributed by atoms with Crippen LogP contribution in [0.4, 0.5) is 16.2 Å². The number of nitrogens with zero attached hydrogens (tertiary/aromatic N) is 3. The number of hydrogen-bond acceptors (Lipinski definition) is 6. The summed E-state index contributed by atoms with van der Waals surface area (Å²) in [6.45, 7) is 2.33. The second kappa shape index (κ2) is 5.94. The molecule has 0 aliphatic heterocycles. The van der Waals surface area contributed by atoms with Gasteiger partial charge in [-0.25, -0.2) is 15.2 Å². The molecule has 0 spiro atoms. The van der Waals surface area contributed by atoms with Crippen molar-refractivity contribution in [3.05, 3.63) is 12.0 Å². The summed E-state index contributed by atoms with van der Waals surface area (Å²) in [5, 5.41) is 2.61. The second-order valence-corrected chi connectivity index (χ2v) is 3.32. The van der Waals surface area contributed by atoms with Crippen LogP contribution in [0.25, 0.3) is 0 Å². The van der Waals surface area contributed by atoms with Gasteiger partial charge in [0.25, 0.3) is 0 Å². The Labute approximate surface area is 98.2 Å². The molecule has 0 saturated heterocycles. The van der Waals surface area contributed by atoms with Gasteiger partial charge in [0.1, 0.15) is 0 Å². The summed E-state index contributed by atoms with van der Waals surface area (Å²) in [6.07, 6.45) is 0.992. The zero-order valence-electron chi connectivity index (χ0n) is 9.70. The maximum absolute atomic E-state index is 13.4. The molecule has 0 unspecified atom stereocenters. The lowest BCUT2D eigenvalue weighted by Gasteiger charge is -2.18. The normalized spacial score (nSPS) is 9.88. The van der Waals surface area contributed by atoms with Crippen molar-refractivity contribution in [1.29, 1.82) is 0 Å². The monoisotopic (exact) mass is 242 g/mol. The molecule has 1 aromatic rings. The van der Waals surface area contributed by atoms with Gasteiger partial charge in [0.15, 0.2) is 11.6 Å². The van der Waals surface area contributed by atoms with E-state index in [2.05, 4.69) is 20.7 Å². The van der Waals surface area contributed by atoms with Gasteiger partial charge in [0.2, 0.25) is 11.9 Å². The summed E-state index contributed by atoms with van der Waals surface area (Å²) in [6, 6.07) is 0. The summed E-state index contributed by atoms with van der Waals surface area (Å²) in [5.74, 6) is 4.40. The predicted octanol–water partition coefficient (Wildman–Crippen LogP) is -0.526. The van der Waals surface area contributed by atoms with Crippen molar-refractivity contribution in [1.82, 2.24) is 15.3 Å². The van der Waals surface area contributed by atoms with E-state index in [4.69, 9.17) is 5.84 Å². The molecule has 0 atom stereocenters. The third-order valence-electron chi connectivity index (χ3n) is 1.97. The Morgan fingerprint density at radius 2 is 2.35 bits per heavy atom. The Bertz CT molecular complexity index is 399. The largest absolute Gasteiger partial charge is 0.355 e. The molecule has 1 aromatic heterocycles. The van der Waals surface area contributed by atoms with Gasteiger partial charge in [-0.3, -0.25) is 10.2 Å². The third kappa shape index (κ3) is 3.52. The number of carbonyl (C=O) groups excluding carboxylic acids is 1. The minimum Gasteiger partial charge on any atom is -0.355 e. The maximum atomic E-state index is 13.4. The fourth-order valence-electron chi connectivity index (χ4n) is 1.24. The van der Waals surface area contributed by atoms with Crippen LogP contribution in [0, 0.1) is 5.82 Å². The van der Waals surface area contributed by atoms with Crippen LogP contribution in [0.1, 0.15) is 6.92 Å². The van der Waals surface area contributed by atoms with E-state index in [0.717, 1.165) is 6.20 Å². The zero-order chi connectivity index (χ0) is 12.8. The topological polar surface area (TPSA) is 96.2 Å². The lowest BCUT2D eigenvalue weighted by atomic mass is 10.4. The zero-order valence-corrected chi connectivity index (χ0v) is 9.70. The number of likely N-dealkylation sites (N-methyl/N-ethyl adjacent to an activating group) is 2. The fourth-order valence-corrected chi connectivity index (χ4v) is 1.24.